The van der Waals surface area contributed by atoms with E-state index in [1.165, 1.54) is 4.90 Å². The Bertz CT molecular complexity index is 1160. The topological polar surface area (TPSA) is 79.7 Å². The highest BCUT2D eigenvalue weighted by Crippen LogP contribution is 2.42. The molecule has 6 nitrogen and oxygen atoms in total. The van der Waals surface area contributed by atoms with Crippen molar-refractivity contribution in [1.82, 2.24) is 4.98 Å². The number of aliphatic hydroxyl groups is 1. The summed E-state index contributed by atoms with van der Waals surface area (Å²) in [6.07, 6.45) is 4.04. The van der Waals surface area contributed by atoms with Crippen molar-refractivity contribution < 1.29 is 19.4 Å². The standard InChI is InChI=1S/C25H21ClN2O4/c1-2-15-32-20-9-3-17(4-10-20)23(29)21-22(16-11-13-27-14-12-16)28(25(31)24(21)30)19-7-5-18(26)6-8-19/h3-14,22,29H,2,15H2,1H3/b23-21-. The van der Waals surface area contributed by atoms with Crippen molar-refractivity contribution in [2.24, 2.45) is 0 Å². The van der Waals surface area contributed by atoms with Crippen LogP contribution >= 0.6 is 11.6 Å². The number of aromatic nitrogens is 1. The Morgan fingerprint density at radius 2 is 1.69 bits per heavy atom. The van der Waals surface area contributed by atoms with Crippen LogP contribution in [0.25, 0.3) is 5.76 Å². The number of hydrogen-bond donors (Lipinski definition) is 1. The first-order chi connectivity index (χ1) is 15.5. The van der Waals surface area contributed by atoms with Crippen molar-refractivity contribution >= 4 is 34.7 Å². The molecular formula is C25H21ClN2O4. The minimum Gasteiger partial charge on any atom is -0.507 e. The van der Waals surface area contributed by atoms with Gasteiger partial charge in [0.1, 0.15) is 11.5 Å². The third-order valence-electron chi connectivity index (χ3n) is 5.17. The van der Waals surface area contributed by atoms with Crippen LogP contribution in [0.3, 0.4) is 0 Å². The van der Waals surface area contributed by atoms with Crippen molar-refractivity contribution in [3.05, 3.63) is 94.8 Å². The summed E-state index contributed by atoms with van der Waals surface area (Å²) in [6.45, 7) is 2.60. The predicted octanol–water partition coefficient (Wildman–Crippen LogP) is 5.15. The molecule has 0 bridgehead atoms. The van der Waals surface area contributed by atoms with Gasteiger partial charge in [-0.15, -0.1) is 0 Å². The lowest BCUT2D eigenvalue weighted by atomic mass is 9.95. The van der Waals surface area contributed by atoms with Crippen molar-refractivity contribution in [2.45, 2.75) is 19.4 Å². The number of pyridine rings is 1. The summed E-state index contributed by atoms with van der Waals surface area (Å²) in [6, 6.07) is 16.0. The molecule has 0 aliphatic carbocycles. The summed E-state index contributed by atoms with van der Waals surface area (Å²) < 4.78 is 5.58. The molecule has 1 aliphatic heterocycles. The molecule has 0 radical (unpaired) electrons. The van der Waals surface area contributed by atoms with E-state index >= 15 is 0 Å². The maximum absolute atomic E-state index is 13.1. The Balaban J connectivity index is 1.82. The van der Waals surface area contributed by atoms with E-state index < -0.39 is 17.7 Å². The molecule has 1 amide bonds. The zero-order valence-electron chi connectivity index (χ0n) is 17.4. The Hall–Kier alpha value is -3.64. The van der Waals surface area contributed by atoms with Gasteiger partial charge in [-0.25, -0.2) is 0 Å². The number of carbonyl (C=O) groups is 2. The molecule has 1 N–H and O–H groups in total. The van der Waals surface area contributed by atoms with Gasteiger partial charge in [0, 0.05) is 28.7 Å². The number of nitrogens with zero attached hydrogens (tertiary/aromatic N) is 2. The Labute approximate surface area is 190 Å². The van der Waals surface area contributed by atoms with Crippen molar-refractivity contribution in [1.29, 1.82) is 0 Å². The number of halogens is 1. The zero-order valence-corrected chi connectivity index (χ0v) is 18.1. The summed E-state index contributed by atoms with van der Waals surface area (Å²) >= 11 is 6.00. The molecule has 162 valence electrons. The van der Waals surface area contributed by atoms with E-state index in [2.05, 4.69) is 4.98 Å². The maximum Gasteiger partial charge on any atom is 0.300 e. The SMILES string of the molecule is CCCOc1ccc(/C(O)=C2/C(=O)C(=O)N(c3ccc(Cl)cc3)C2c2ccncc2)cc1. The number of Topliss-reactive ketones (excluding diaryl/α,β-unsaturated/α-hetero) is 1. The second kappa shape index (κ2) is 9.24. The fourth-order valence-electron chi connectivity index (χ4n) is 3.65. The molecule has 7 heteroatoms. The van der Waals surface area contributed by atoms with Gasteiger partial charge in [-0.3, -0.25) is 19.5 Å². The smallest absolute Gasteiger partial charge is 0.300 e. The van der Waals surface area contributed by atoms with E-state index in [0.29, 0.717) is 34.2 Å². The average Bonchev–Trinajstić information content (AvgIpc) is 3.09. The van der Waals surface area contributed by atoms with E-state index in [1.54, 1.807) is 73.1 Å². The number of ether oxygens (including phenoxy) is 1. The minimum absolute atomic E-state index is 0.0124. The molecule has 3 aromatic rings. The second-order valence-electron chi connectivity index (χ2n) is 7.30. The number of ketones is 1. The molecule has 0 saturated carbocycles. The van der Waals surface area contributed by atoms with Crippen LogP contribution < -0.4 is 9.64 Å². The van der Waals surface area contributed by atoms with Crippen LogP contribution in [0.15, 0.2) is 78.6 Å². The number of rotatable bonds is 6. The Morgan fingerprint density at radius 1 is 1.03 bits per heavy atom. The molecule has 0 spiro atoms. The predicted molar refractivity (Wildman–Crippen MR) is 123 cm³/mol. The number of benzene rings is 2. The Morgan fingerprint density at radius 3 is 2.31 bits per heavy atom. The first kappa shape index (κ1) is 21.6. The fourth-order valence-corrected chi connectivity index (χ4v) is 3.77. The summed E-state index contributed by atoms with van der Waals surface area (Å²) in [5.74, 6) is -1.07. The lowest BCUT2D eigenvalue weighted by Gasteiger charge is -2.25. The van der Waals surface area contributed by atoms with E-state index in [4.69, 9.17) is 16.3 Å². The van der Waals surface area contributed by atoms with Crippen LogP contribution in [0, 0.1) is 0 Å². The second-order valence-corrected chi connectivity index (χ2v) is 7.74. The van der Waals surface area contributed by atoms with Crippen molar-refractivity contribution in [3.63, 3.8) is 0 Å². The lowest BCUT2D eigenvalue weighted by Crippen LogP contribution is -2.29. The molecule has 1 fully saturated rings. The summed E-state index contributed by atoms with van der Waals surface area (Å²) in [7, 11) is 0. The minimum atomic E-state index is -0.810. The van der Waals surface area contributed by atoms with Gasteiger partial charge >= 0.3 is 0 Å². The first-order valence-electron chi connectivity index (χ1n) is 10.2. The van der Waals surface area contributed by atoms with E-state index in [0.717, 1.165) is 6.42 Å². The molecule has 1 aliphatic rings. The number of amides is 1. The molecule has 1 saturated heterocycles. The van der Waals surface area contributed by atoms with E-state index in [9.17, 15) is 14.7 Å². The molecule has 2 heterocycles. The van der Waals surface area contributed by atoms with Crippen LogP contribution in [-0.2, 0) is 9.59 Å². The van der Waals surface area contributed by atoms with E-state index in [1.807, 2.05) is 6.92 Å². The number of hydrogen-bond acceptors (Lipinski definition) is 5. The molecule has 1 aromatic heterocycles. The molecule has 4 rings (SSSR count). The van der Waals surface area contributed by atoms with Crippen LogP contribution in [0.1, 0.15) is 30.5 Å². The highest BCUT2D eigenvalue weighted by molar-refractivity contribution is 6.51. The normalized spacial score (nSPS) is 17.6. The monoisotopic (exact) mass is 448 g/mol. The van der Waals surface area contributed by atoms with Crippen molar-refractivity contribution in [3.8, 4) is 5.75 Å². The maximum atomic E-state index is 13.1. The zero-order chi connectivity index (χ0) is 22.7. The van der Waals surface area contributed by atoms with Crippen LogP contribution in [0.5, 0.6) is 5.75 Å². The lowest BCUT2D eigenvalue weighted by molar-refractivity contribution is -0.132. The molecule has 2 aromatic carbocycles. The van der Waals surface area contributed by atoms with Crippen LogP contribution in [-0.4, -0.2) is 28.4 Å². The molecular weight excluding hydrogens is 428 g/mol. The third kappa shape index (κ3) is 4.09. The van der Waals surface area contributed by atoms with E-state index in [-0.39, 0.29) is 11.3 Å². The van der Waals surface area contributed by atoms with Gasteiger partial charge < -0.3 is 9.84 Å². The summed E-state index contributed by atoms with van der Waals surface area (Å²) in [5.41, 5.74) is 1.58. The van der Waals surface area contributed by atoms with Gasteiger partial charge in [-0.2, -0.15) is 0 Å². The highest BCUT2D eigenvalue weighted by Gasteiger charge is 2.46. The number of anilines is 1. The third-order valence-corrected chi connectivity index (χ3v) is 5.42. The van der Waals surface area contributed by atoms with Crippen LogP contribution in [0.2, 0.25) is 5.02 Å². The van der Waals surface area contributed by atoms with Gasteiger partial charge in [0.15, 0.2) is 0 Å². The average molecular weight is 449 g/mol. The number of aliphatic hydroxyl groups excluding tert-OH is 1. The van der Waals surface area contributed by atoms with Gasteiger partial charge in [-0.05, 0) is 72.6 Å². The fraction of sp³-hybridized carbons (Fsp3) is 0.160. The van der Waals surface area contributed by atoms with Gasteiger partial charge in [-0.1, -0.05) is 18.5 Å². The van der Waals surface area contributed by atoms with Gasteiger partial charge in [0.25, 0.3) is 11.7 Å². The quantitative estimate of drug-likeness (QED) is 0.320. The van der Waals surface area contributed by atoms with Gasteiger partial charge in [0.2, 0.25) is 0 Å². The molecule has 1 unspecified atom stereocenters. The molecule has 32 heavy (non-hydrogen) atoms. The largest absolute Gasteiger partial charge is 0.507 e. The number of carbonyl (C=O) groups excluding carboxylic acids is 2. The first-order valence-corrected chi connectivity index (χ1v) is 10.6. The van der Waals surface area contributed by atoms with Crippen LogP contribution in [0.4, 0.5) is 5.69 Å². The summed E-state index contributed by atoms with van der Waals surface area (Å²) in [5, 5.41) is 11.6. The summed E-state index contributed by atoms with van der Waals surface area (Å²) in [4.78, 5) is 31.5. The Kier molecular flexibility index (Phi) is 6.23. The highest BCUT2D eigenvalue weighted by atomic mass is 35.5. The van der Waals surface area contributed by atoms with Gasteiger partial charge in [0.05, 0.1) is 18.2 Å². The molecule has 1 atom stereocenters. The van der Waals surface area contributed by atoms with Crippen molar-refractivity contribution in [2.75, 3.05) is 11.5 Å².